The molecule has 1 saturated heterocycles. The Balaban J connectivity index is 2.72. The number of rotatable bonds is 12. The molecular formula is C26H44ClN5O7. The molecule has 6 atom stereocenters. The van der Waals surface area contributed by atoms with Crippen molar-refractivity contribution in [1.29, 1.82) is 0 Å². The minimum atomic E-state index is -1.01. The number of halogens is 1. The molecule has 0 unspecified atom stereocenters. The van der Waals surface area contributed by atoms with Gasteiger partial charge in [-0.25, -0.2) is 4.79 Å². The van der Waals surface area contributed by atoms with E-state index in [1.54, 1.807) is 20.8 Å². The zero-order valence-electron chi connectivity index (χ0n) is 24.2. The maximum absolute atomic E-state index is 13.1. The van der Waals surface area contributed by atoms with Gasteiger partial charge in [-0.2, -0.15) is 0 Å². The topological polar surface area (TPSA) is 163 Å². The van der Waals surface area contributed by atoms with E-state index in [0.717, 1.165) is 0 Å². The van der Waals surface area contributed by atoms with E-state index in [9.17, 15) is 28.8 Å². The third-order valence-corrected chi connectivity index (χ3v) is 6.70. The molecule has 222 valence electrons. The van der Waals surface area contributed by atoms with E-state index in [1.807, 2.05) is 13.8 Å². The lowest BCUT2D eigenvalue weighted by Gasteiger charge is -2.30. The summed E-state index contributed by atoms with van der Waals surface area (Å²) in [4.78, 5) is 76.8. The highest BCUT2D eigenvalue weighted by Gasteiger charge is 2.38. The van der Waals surface area contributed by atoms with E-state index in [0.29, 0.717) is 25.8 Å². The summed E-state index contributed by atoms with van der Waals surface area (Å²) in [7, 11) is 0. The Kier molecular flexibility index (Phi) is 13.2. The Labute approximate surface area is 235 Å². The number of likely N-dealkylation sites (tertiary alicyclic amines) is 1. The van der Waals surface area contributed by atoms with Crippen molar-refractivity contribution in [2.45, 2.75) is 110 Å². The first-order valence-corrected chi connectivity index (χ1v) is 13.9. The number of ether oxygens (including phenoxy) is 1. The van der Waals surface area contributed by atoms with Gasteiger partial charge >= 0.3 is 6.09 Å². The van der Waals surface area contributed by atoms with Crippen molar-refractivity contribution >= 4 is 47.1 Å². The van der Waals surface area contributed by atoms with E-state index in [2.05, 4.69) is 21.3 Å². The first-order chi connectivity index (χ1) is 18.0. The van der Waals surface area contributed by atoms with Crippen LogP contribution in [0.5, 0.6) is 0 Å². The predicted octanol–water partition coefficient (Wildman–Crippen LogP) is 1.24. The summed E-state index contributed by atoms with van der Waals surface area (Å²) in [6.07, 6.45) is 0.911. The molecule has 0 aromatic heterocycles. The van der Waals surface area contributed by atoms with Crippen LogP contribution < -0.4 is 21.3 Å². The second-order valence-electron chi connectivity index (χ2n) is 11.0. The fraction of sp³-hybridized carbons (Fsp3) is 0.769. The highest BCUT2D eigenvalue weighted by molar-refractivity contribution is 6.28. The molecule has 0 aromatic carbocycles. The van der Waals surface area contributed by atoms with Crippen LogP contribution in [0.25, 0.3) is 0 Å². The monoisotopic (exact) mass is 573 g/mol. The van der Waals surface area contributed by atoms with Crippen molar-refractivity contribution in [2.75, 3.05) is 12.4 Å². The molecule has 5 amide bonds. The van der Waals surface area contributed by atoms with Crippen molar-refractivity contribution in [3.8, 4) is 0 Å². The van der Waals surface area contributed by atoms with E-state index < -0.39 is 65.5 Å². The second-order valence-corrected chi connectivity index (χ2v) is 11.3. The van der Waals surface area contributed by atoms with Gasteiger partial charge in [0.05, 0.1) is 11.9 Å². The van der Waals surface area contributed by atoms with E-state index in [4.69, 9.17) is 16.3 Å². The van der Waals surface area contributed by atoms with Gasteiger partial charge in [-0.1, -0.05) is 20.3 Å². The van der Waals surface area contributed by atoms with Crippen LogP contribution in [0.3, 0.4) is 0 Å². The van der Waals surface area contributed by atoms with Crippen LogP contribution in [0.15, 0.2) is 0 Å². The number of hydrogen-bond donors (Lipinski definition) is 4. The lowest BCUT2D eigenvalue weighted by atomic mass is 9.95. The van der Waals surface area contributed by atoms with Gasteiger partial charge in [0.1, 0.15) is 29.8 Å². The largest absolute Gasteiger partial charge is 0.444 e. The minimum absolute atomic E-state index is 0.122. The molecule has 4 N–H and O–H groups in total. The lowest BCUT2D eigenvalue weighted by molar-refractivity contribution is -0.142. The summed E-state index contributed by atoms with van der Waals surface area (Å²) in [5.41, 5.74) is -0.734. The van der Waals surface area contributed by atoms with Crippen LogP contribution in [0.1, 0.15) is 74.7 Å². The third kappa shape index (κ3) is 10.7. The van der Waals surface area contributed by atoms with Crippen molar-refractivity contribution in [3.05, 3.63) is 0 Å². The average molecular weight is 574 g/mol. The molecule has 0 spiro atoms. The molecule has 0 aliphatic carbocycles. The third-order valence-electron chi connectivity index (χ3n) is 6.44. The molecule has 1 aliphatic rings. The number of Topliss-reactive ketones (excluding diaryl/α,β-unsaturated/α-hetero) is 1. The fourth-order valence-corrected chi connectivity index (χ4v) is 4.18. The molecule has 0 saturated carbocycles. The van der Waals surface area contributed by atoms with Crippen molar-refractivity contribution < 1.29 is 33.5 Å². The van der Waals surface area contributed by atoms with E-state index in [-0.39, 0.29) is 17.6 Å². The number of hydrogen-bond acceptors (Lipinski definition) is 7. The fourth-order valence-electron chi connectivity index (χ4n) is 4.01. The Morgan fingerprint density at radius 1 is 0.897 bits per heavy atom. The maximum Gasteiger partial charge on any atom is 0.408 e. The zero-order chi connectivity index (χ0) is 30.1. The molecule has 1 fully saturated rings. The van der Waals surface area contributed by atoms with Gasteiger partial charge in [0.15, 0.2) is 5.78 Å². The molecule has 1 aliphatic heterocycles. The first-order valence-electron chi connectivity index (χ1n) is 13.3. The molecular weight excluding hydrogens is 530 g/mol. The maximum atomic E-state index is 13.1. The van der Waals surface area contributed by atoms with Crippen LogP contribution in [0, 0.1) is 5.92 Å². The molecule has 13 heteroatoms. The number of nitrogens with zero attached hydrogens (tertiary/aromatic N) is 1. The first kappa shape index (κ1) is 34.1. The number of alkyl halides is 1. The van der Waals surface area contributed by atoms with Gasteiger partial charge in [0.25, 0.3) is 0 Å². The lowest BCUT2D eigenvalue weighted by Crippen LogP contribution is -2.57. The Bertz CT molecular complexity index is 923. The molecule has 1 rings (SSSR count). The highest BCUT2D eigenvalue weighted by Crippen LogP contribution is 2.20. The normalized spacial score (nSPS) is 19.1. The van der Waals surface area contributed by atoms with Gasteiger partial charge in [-0.3, -0.25) is 24.0 Å². The molecule has 0 radical (unpaired) electrons. The number of nitrogens with one attached hydrogen (secondary N) is 4. The summed E-state index contributed by atoms with van der Waals surface area (Å²) in [5.74, 6) is -2.75. The van der Waals surface area contributed by atoms with Crippen LogP contribution in [-0.4, -0.2) is 88.6 Å². The SMILES string of the molecule is CC[C@H](C)[C@H](NC(=O)[C@@H]1CCCN1C(=O)[C@H](C)NC(=O)[C@H](C)NC(=O)[C@H](C)NC(=O)OC(C)(C)C)C(=O)CCl. The summed E-state index contributed by atoms with van der Waals surface area (Å²) in [6, 6.07) is -4.47. The predicted molar refractivity (Wildman–Crippen MR) is 146 cm³/mol. The van der Waals surface area contributed by atoms with Gasteiger partial charge in [0, 0.05) is 6.54 Å². The van der Waals surface area contributed by atoms with Crippen molar-refractivity contribution in [3.63, 3.8) is 0 Å². The molecule has 0 bridgehead atoms. The quantitative estimate of drug-likeness (QED) is 0.255. The van der Waals surface area contributed by atoms with Gasteiger partial charge < -0.3 is 30.9 Å². The summed E-state index contributed by atoms with van der Waals surface area (Å²) < 4.78 is 5.12. The molecule has 0 aromatic rings. The standard InChI is InChI=1S/C26H44ClN5O7/c1-9-14(2)20(19(33)13-27)31-23(36)18-11-10-12-32(18)24(37)17(5)29-21(34)15(3)28-22(35)16(4)30-25(38)39-26(6,7)8/h14-18,20H,9-13H2,1-8H3,(H,28,35)(H,29,34)(H,30,38)(H,31,36)/t14-,15-,16-,17-,18-,20-/m0/s1. The van der Waals surface area contributed by atoms with Crippen LogP contribution in [-0.2, 0) is 28.7 Å². The van der Waals surface area contributed by atoms with Gasteiger partial charge in [0.2, 0.25) is 23.6 Å². The zero-order valence-corrected chi connectivity index (χ0v) is 24.9. The average Bonchev–Trinajstić information content (AvgIpc) is 3.34. The Morgan fingerprint density at radius 2 is 1.44 bits per heavy atom. The van der Waals surface area contributed by atoms with Gasteiger partial charge in [-0.05, 0) is 60.3 Å². The summed E-state index contributed by atoms with van der Waals surface area (Å²) in [5, 5.41) is 10.2. The Hall–Kier alpha value is -2.89. The Morgan fingerprint density at radius 3 is 1.95 bits per heavy atom. The van der Waals surface area contributed by atoms with Crippen LogP contribution in [0.4, 0.5) is 4.79 Å². The number of ketones is 1. The molecule has 12 nitrogen and oxygen atoms in total. The van der Waals surface area contributed by atoms with Gasteiger partial charge in [-0.15, -0.1) is 11.6 Å². The molecule has 1 heterocycles. The van der Waals surface area contributed by atoms with Crippen LogP contribution in [0.2, 0.25) is 0 Å². The number of amides is 5. The van der Waals surface area contributed by atoms with E-state index >= 15 is 0 Å². The van der Waals surface area contributed by atoms with E-state index in [1.165, 1.54) is 25.7 Å². The number of carbonyl (C=O) groups is 6. The smallest absolute Gasteiger partial charge is 0.408 e. The number of alkyl carbamates (subject to hydrolysis) is 1. The minimum Gasteiger partial charge on any atom is -0.444 e. The second kappa shape index (κ2) is 15.0. The molecule has 39 heavy (non-hydrogen) atoms. The van der Waals surface area contributed by atoms with Crippen molar-refractivity contribution in [1.82, 2.24) is 26.2 Å². The van der Waals surface area contributed by atoms with Crippen LogP contribution >= 0.6 is 11.6 Å². The summed E-state index contributed by atoms with van der Waals surface area (Å²) in [6.45, 7) is 13.5. The number of carbonyl (C=O) groups excluding carboxylic acids is 6. The highest BCUT2D eigenvalue weighted by atomic mass is 35.5. The van der Waals surface area contributed by atoms with Crippen molar-refractivity contribution in [2.24, 2.45) is 5.92 Å². The summed E-state index contributed by atoms with van der Waals surface area (Å²) >= 11 is 5.72.